The predicted octanol–water partition coefficient (Wildman–Crippen LogP) is 5.71. The Morgan fingerprint density at radius 1 is 0.696 bits per heavy atom. The Balaban J connectivity index is 0.000000175. The highest BCUT2D eigenvalue weighted by Crippen LogP contribution is 2.39. The molecule has 0 atom stereocenters. The molecule has 0 saturated heterocycles. The van der Waals surface area contributed by atoms with Crippen LogP contribution in [0.15, 0.2) is 48.5 Å². The van der Waals surface area contributed by atoms with Crippen LogP contribution in [0.3, 0.4) is 0 Å². The van der Waals surface area contributed by atoms with Gasteiger partial charge in [-0.05, 0) is 28.7 Å². The van der Waals surface area contributed by atoms with Gasteiger partial charge in [-0.15, -0.1) is 0 Å². The summed E-state index contributed by atoms with van der Waals surface area (Å²) in [6, 6.07) is 17.3. The lowest BCUT2D eigenvalue weighted by molar-refractivity contribution is -0.320. The average molecular weight is 336 g/mol. The lowest BCUT2D eigenvalue weighted by atomic mass is 10.1. The standard InChI is InChI=1S/C13H10.C3HF7/c1-3-7-12-10(5-1)9-11-6-2-4-8-13(11)12;4-1(5)2(6,7)3(8,9)10/h1-8H,9H2;1H. The Morgan fingerprint density at radius 3 is 1.39 bits per heavy atom. The van der Waals surface area contributed by atoms with Crippen LogP contribution in [-0.2, 0) is 6.42 Å². The van der Waals surface area contributed by atoms with Crippen molar-refractivity contribution in [3.63, 3.8) is 0 Å². The van der Waals surface area contributed by atoms with Crippen LogP contribution in [0.4, 0.5) is 30.7 Å². The van der Waals surface area contributed by atoms with E-state index in [1.165, 1.54) is 22.3 Å². The lowest BCUT2D eigenvalue weighted by Gasteiger charge is -2.17. The highest BCUT2D eigenvalue weighted by Gasteiger charge is 2.64. The van der Waals surface area contributed by atoms with Gasteiger partial charge in [0.1, 0.15) is 0 Å². The van der Waals surface area contributed by atoms with Gasteiger partial charge in [0.25, 0.3) is 0 Å². The van der Waals surface area contributed by atoms with Crippen molar-refractivity contribution < 1.29 is 30.7 Å². The zero-order valence-electron chi connectivity index (χ0n) is 11.5. The second kappa shape index (κ2) is 6.22. The van der Waals surface area contributed by atoms with E-state index in [1.807, 2.05) is 0 Å². The monoisotopic (exact) mass is 336 g/mol. The molecule has 0 radical (unpaired) electrons. The molecule has 1 aliphatic carbocycles. The summed E-state index contributed by atoms with van der Waals surface area (Å²) in [4.78, 5) is 0. The minimum absolute atomic E-state index is 1.10. The molecule has 0 bridgehead atoms. The molecule has 0 fully saturated rings. The molecule has 0 nitrogen and oxygen atoms in total. The van der Waals surface area contributed by atoms with E-state index in [0.717, 1.165) is 6.42 Å². The number of halogens is 7. The molecular weight excluding hydrogens is 325 g/mol. The molecule has 7 heteroatoms. The fraction of sp³-hybridized carbons (Fsp3) is 0.250. The Morgan fingerprint density at radius 2 is 1.09 bits per heavy atom. The quantitative estimate of drug-likeness (QED) is 0.500. The Labute approximate surface area is 127 Å². The van der Waals surface area contributed by atoms with E-state index in [2.05, 4.69) is 48.5 Å². The first-order valence-electron chi connectivity index (χ1n) is 6.53. The third-order valence-corrected chi connectivity index (χ3v) is 3.36. The van der Waals surface area contributed by atoms with Gasteiger partial charge in [0, 0.05) is 0 Å². The summed E-state index contributed by atoms with van der Waals surface area (Å²) < 4.78 is 76.6. The molecular formula is C16H11F7. The van der Waals surface area contributed by atoms with Crippen LogP contribution in [0.5, 0.6) is 0 Å². The molecule has 0 heterocycles. The fourth-order valence-corrected chi connectivity index (χ4v) is 2.20. The maximum absolute atomic E-state index is 11.2. The van der Waals surface area contributed by atoms with Gasteiger partial charge >= 0.3 is 18.5 Å². The summed E-state index contributed by atoms with van der Waals surface area (Å²) in [6.07, 6.45) is -9.76. The van der Waals surface area contributed by atoms with Crippen molar-refractivity contribution in [2.45, 2.75) is 24.9 Å². The van der Waals surface area contributed by atoms with E-state index in [4.69, 9.17) is 0 Å². The minimum atomic E-state index is -6.17. The number of rotatable bonds is 1. The van der Waals surface area contributed by atoms with Crippen LogP contribution < -0.4 is 0 Å². The molecule has 0 unspecified atom stereocenters. The van der Waals surface area contributed by atoms with E-state index in [0.29, 0.717) is 0 Å². The van der Waals surface area contributed by atoms with Gasteiger partial charge in [-0.2, -0.15) is 22.0 Å². The molecule has 124 valence electrons. The van der Waals surface area contributed by atoms with Crippen molar-refractivity contribution in [1.29, 1.82) is 0 Å². The molecule has 0 N–H and O–H groups in total. The van der Waals surface area contributed by atoms with Gasteiger partial charge in [-0.25, -0.2) is 8.78 Å². The SMILES string of the molecule is FC(F)C(F)(F)C(F)(F)F.c1ccc2c(c1)Cc1ccccc1-2. The zero-order chi connectivity index (χ0) is 17.3. The number of fused-ring (bicyclic) bond motifs is 3. The first-order valence-corrected chi connectivity index (χ1v) is 6.53. The van der Waals surface area contributed by atoms with Gasteiger partial charge in [0.15, 0.2) is 0 Å². The van der Waals surface area contributed by atoms with Crippen molar-refractivity contribution in [3.8, 4) is 11.1 Å². The number of benzene rings is 2. The smallest absolute Gasteiger partial charge is 0.203 e. The van der Waals surface area contributed by atoms with E-state index in [9.17, 15) is 30.7 Å². The molecule has 1 aliphatic rings. The summed E-state index contributed by atoms with van der Waals surface area (Å²) in [5, 5.41) is 0. The number of hydrogen-bond acceptors (Lipinski definition) is 0. The van der Waals surface area contributed by atoms with Gasteiger partial charge in [-0.3, -0.25) is 0 Å². The molecule has 2 aromatic rings. The summed E-state index contributed by atoms with van der Waals surface area (Å²) in [6.45, 7) is 0. The second-order valence-electron chi connectivity index (χ2n) is 4.91. The fourth-order valence-electron chi connectivity index (χ4n) is 2.20. The van der Waals surface area contributed by atoms with Crippen LogP contribution in [-0.4, -0.2) is 18.5 Å². The van der Waals surface area contributed by atoms with Crippen molar-refractivity contribution >= 4 is 0 Å². The van der Waals surface area contributed by atoms with E-state index < -0.39 is 18.5 Å². The first kappa shape index (κ1) is 17.3. The molecule has 23 heavy (non-hydrogen) atoms. The number of alkyl halides is 7. The molecule has 0 aromatic heterocycles. The molecule has 0 saturated carbocycles. The van der Waals surface area contributed by atoms with E-state index in [-0.39, 0.29) is 0 Å². The first-order chi connectivity index (χ1) is 10.6. The third-order valence-electron chi connectivity index (χ3n) is 3.36. The van der Waals surface area contributed by atoms with E-state index in [1.54, 1.807) is 0 Å². The summed E-state index contributed by atoms with van der Waals surface area (Å²) in [5.74, 6) is -5.90. The molecule has 2 aromatic carbocycles. The van der Waals surface area contributed by atoms with Crippen molar-refractivity contribution in [2.75, 3.05) is 0 Å². The Kier molecular flexibility index (Phi) is 4.68. The molecule has 3 rings (SSSR count). The van der Waals surface area contributed by atoms with Crippen LogP contribution in [0.25, 0.3) is 11.1 Å². The van der Waals surface area contributed by atoms with Crippen LogP contribution in [0.2, 0.25) is 0 Å². The van der Waals surface area contributed by atoms with Crippen LogP contribution >= 0.6 is 0 Å². The van der Waals surface area contributed by atoms with Crippen LogP contribution in [0, 0.1) is 0 Å². The molecule has 0 aliphatic heterocycles. The molecule has 0 spiro atoms. The average Bonchev–Trinajstić information content (AvgIpc) is 2.85. The second-order valence-corrected chi connectivity index (χ2v) is 4.91. The van der Waals surface area contributed by atoms with Gasteiger partial charge < -0.3 is 0 Å². The van der Waals surface area contributed by atoms with E-state index >= 15 is 0 Å². The third kappa shape index (κ3) is 3.48. The van der Waals surface area contributed by atoms with Gasteiger partial charge in [0.2, 0.25) is 0 Å². The maximum Gasteiger partial charge on any atom is 0.459 e. The minimum Gasteiger partial charge on any atom is -0.203 e. The predicted molar refractivity (Wildman–Crippen MR) is 71.7 cm³/mol. The summed E-state index contributed by atoms with van der Waals surface area (Å²) in [7, 11) is 0. The summed E-state index contributed by atoms with van der Waals surface area (Å²) >= 11 is 0. The van der Waals surface area contributed by atoms with Crippen molar-refractivity contribution in [2.24, 2.45) is 0 Å². The zero-order valence-corrected chi connectivity index (χ0v) is 11.5. The summed E-state index contributed by atoms with van der Waals surface area (Å²) in [5.41, 5.74) is 5.75. The van der Waals surface area contributed by atoms with Gasteiger partial charge in [0.05, 0.1) is 0 Å². The normalized spacial score (nSPS) is 13.2. The highest BCUT2D eigenvalue weighted by molar-refractivity contribution is 5.76. The van der Waals surface area contributed by atoms with Crippen molar-refractivity contribution in [1.82, 2.24) is 0 Å². The van der Waals surface area contributed by atoms with Gasteiger partial charge in [-0.1, -0.05) is 48.5 Å². The van der Waals surface area contributed by atoms with Crippen molar-refractivity contribution in [3.05, 3.63) is 59.7 Å². The Bertz CT molecular complexity index is 631. The number of hydrogen-bond donors (Lipinski definition) is 0. The topological polar surface area (TPSA) is 0 Å². The lowest BCUT2D eigenvalue weighted by Crippen LogP contribution is -2.42. The van der Waals surface area contributed by atoms with Crippen LogP contribution in [0.1, 0.15) is 11.1 Å². The largest absolute Gasteiger partial charge is 0.459 e. The molecule has 0 amide bonds. The highest BCUT2D eigenvalue weighted by atomic mass is 19.4. The Hall–Kier alpha value is -2.05. The maximum atomic E-state index is 11.2.